The number of hydrogen-bond donors (Lipinski definition) is 2. The molecule has 150 valence electrons. The third-order valence-corrected chi connectivity index (χ3v) is 5.54. The molecule has 1 aromatic heterocycles. The van der Waals surface area contributed by atoms with E-state index in [0.29, 0.717) is 12.6 Å². The third-order valence-electron chi connectivity index (χ3n) is 5.54. The van der Waals surface area contributed by atoms with Crippen molar-refractivity contribution in [3.8, 4) is 0 Å². The van der Waals surface area contributed by atoms with E-state index >= 15 is 0 Å². The maximum absolute atomic E-state index is 12.1. The number of benzene rings is 2. The van der Waals surface area contributed by atoms with Crippen molar-refractivity contribution in [2.75, 3.05) is 5.32 Å². The number of aromatic nitrogens is 1. The van der Waals surface area contributed by atoms with Gasteiger partial charge in [-0.25, -0.2) is 9.78 Å². The Balaban J connectivity index is 1.25. The standard InChI is InChI=1S/C24H27N3O2/c1-17-15-23(27-22-10-6-5-9-21(17)22)25-19-11-13-20(14-12-19)26-24(28)29-16-18-7-3-2-4-8-18/h2-10,15,19-20H,11-14,16H2,1H3,(H,25,27)(H,26,28). The Bertz CT molecular complexity index is 966. The summed E-state index contributed by atoms with van der Waals surface area (Å²) in [5.74, 6) is 0.930. The van der Waals surface area contributed by atoms with Gasteiger partial charge in [-0.05, 0) is 55.9 Å². The van der Waals surface area contributed by atoms with E-state index in [0.717, 1.165) is 42.6 Å². The smallest absolute Gasteiger partial charge is 0.407 e. The van der Waals surface area contributed by atoms with E-state index in [1.54, 1.807) is 0 Å². The van der Waals surface area contributed by atoms with Gasteiger partial charge >= 0.3 is 6.09 Å². The highest BCUT2D eigenvalue weighted by molar-refractivity contribution is 5.83. The molecule has 3 aromatic rings. The Morgan fingerprint density at radius 2 is 1.69 bits per heavy atom. The first kappa shape index (κ1) is 19.2. The van der Waals surface area contributed by atoms with Gasteiger partial charge in [-0.3, -0.25) is 0 Å². The minimum Gasteiger partial charge on any atom is -0.445 e. The van der Waals surface area contributed by atoms with Gasteiger partial charge in [0.05, 0.1) is 5.52 Å². The number of carbonyl (C=O) groups excluding carboxylic acids is 1. The van der Waals surface area contributed by atoms with Crippen LogP contribution in [-0.2, 0) is 11.3 Å². The van der Waals surface area contributed by atoms with Crippen LogP contribution in [0.15, 0.2) is 60.7 Å². The first-order valence-corrected chi connectivity index (χ1v) is 10.3. The number of anilines is 1. The summed E-state index contributed by atoms with van der Waals surface area (Å²) in [7, 11) is 0. The van der Waals surface area contributed by atoms with E-state index in [1.807, 2.05) is 42.5 Å². The van der Waals surface area contributed by atoms with Crippen LogP contribution in [0.1, 0.15) is 36.8 Å². The number of amides is 1. The van der Waals surface area contributed by atoms with Gasteiger partial charge in [0.15, 0.2) is 0 Å². The molecule has 1 aliphatic carbocycles. The molecular formula is C24H27N3O2. The SMILES string of the molecule is Cc1cc(NC2CCC(NC(=O)OCc3ccccc3)CC2)nc2ccccc12. The molecule has 1 saturated carbocycles. The van der Waals surface area contributed by atoms with Crippen LogP contribution in [0.5, 0.6) is 0 Å². The van der Waals surface area contributed by atoms with E-state index < -0.39 is 0 Å². The Labute approximate surface area is 171 Å². The predicted molar refractivity (Wildman–Crippen MR) is 116 cm³/mol. The van der Waals surface area contributed by atoms with Crippen molar-refractivity contribution in [3.05, 3.63) is 71.8 Å². The molecule has 0 bridgehead atoms. The topological polar surface area (TPSA) is 63.2 Å². The van der Waals surface area contributed by atoms with Crippen LogP contribution in [0.4, 0.5) is 10.6 Å². The Morgan fingerprint density at radius 3 is 2.48 bits per heavy atom. The first-order chi connectivity index (χ1) is 14.2. The number of ether oxygens (including phenoxy) is 1. The number of fused-ring (bicyclic) bond motifs is 1. The fraction of sp³-hybridized carbons (Fsp3) is 0.333. The van der Waals surface area contributed by atoms with Crippen LogP contribution in [0, 0.1) is 6.92 Å². The number of aryl methyl sites for hydroxylation is 1. The van der Waals surface area contributed by atoms with Crippen LogP contribution in [0.2, 0.25) is 0 Å². The van der Waals surface area contributed by atoms with E-state index in [1.165, 1.54) is 10.9 Å². The lowest BCUT2D eigenvalue weighted by atomic mass is 9.91. The summed E-state index contributed by atoms with van der Waals surface area (Å²) in [5, 5.41) is 7.78. The number of nitrogens with one attached hydrogen (secondary N) is 2. The van der Waals surface area contributed by atoms with Gasteiger partial charge in [0.25, 0.3) is 0 Å². The summed E-state index contributed by atoms with van der Waals surface area (Å²) >= 11 is 0. The third kappa shape index (κ3) is 5.05. The molecule has 2 N–H and O–H groups in total. The minimum atomic E-state index is -0.336. The van der Waals surface area contributed by atoms with E-state index in [-0.39, 0.29) is 12.1 Å². The molecule has 1 amide bonds. The molecule has 1 fully saturated rings. The molecule has 5 nitrogen and oxygen atoms in total. The second-order valence-corrected chi connectivity index (χ2v) is 7.74. The number of pyridine rings is 1. The van der Waals surface area contributed by atoms with Crippen molar-refractivity contribution >= 4 is 22.8 Å². The number of nitrogens with zero attached hydrogens (tertiary/aromatic N) is 1. The zero-order valence-electron chi connectivity index (χ0n) is 16.7. The molecule has 0 spiro atoms. The monoisotopic (exact) mass is 389 g/mol. The van der Waals surface area contributed by atoms with E-state index in [9.17, 15) is 4.79 Å². The average Bonchev–Trinajstić information content (AvgIpc) is 2.74. The number of para-hydroxylation sites is 1. The Hall–Kier alpha value is -3.08. The molecular weight excluding hydrogens is 362 g/mol. The normalized spacial score (nSPS) is 18.9. The molecule has 1 aliphatic rings. The summed E-state index contributed by atoms with van der Waals surface area (Å²) in [6.45, 7) is 2.42. The quantitative estimate of drug-likeness (QED) is 0.630. The van der Waals surface area contributed by atoms with Crippen LogP contribution in [-0.4, -0.2) is 23.2 Å². The van der Waals surface area contributed by atoms with E-state index in [4.69, 9.17) is 9.72 Å². The summed E-state index contributed by atoms with van der Waals surface area (Å²) in [6, 6.07) is 20.6. The second kappa shape index (κ2) is 8.95. The summed E-state index contributed by atoms with van der Waals surface area (Å²) in [5.41, 5.74) is 3.25. The number of carbonyl (C=O) groups is 1. The van der Waals surface area contributed by atoms with Gasteiger partial charge in [0.1, 0.15) is 12.4 Å². The molecule has 0 aliphatic heterocycles. The zero-order valence-corrected chi connectivity index (χ0v) is 16.7. The van der Waals surface area contributed by atoms with Crippen molar-refractivity contribution in [1.82, 2.24) is 10.3 Å². The summed E-state index contributed by atoms with van der Waals surface area (Å²) in [6.07, 6.45) is 3.53. The molecule has 29 heavy (non-hydrogen) atoms. The highest BCUT2D eigenvalue weighted by Gasteiger charge is 2.23. The second-order valence-electron chi connectivity index (χ2n) is 7.74. The van der Waals surface area contributed by atoms with Gasteiger partial charge in [-0.2, -0.15) is 0 Å². The molecule has 1 heterocycles. The molecule has 2 aromatic carbocycles. The fourth-order valence-electron chi connectivity index (χ4n) is 3.95. The van der Waals surface area contributed by atoms with Crippen molar-refractivity contribution in [2.24, 2.45) is 0 Å². The van der Waals surface area contributed by atoms with Crippen LogP contribution < -0.4 is 10.6 Å². The van der Waals surface area contributed by atoms with Gasteiger partial charge in [-0.1, -0.05) is 48.5 Å². The lowest BCUT2D eigenvalue weighted by molar-refractivity contribution is 0.132. The maximum Gasteiger partial charge on any atom is 0.407 e. The van der Waals surface area contributed by atoms with Crippen LogP contribution in [0.25, 0.3) is 10.9 Å². The van der Waals surface area contributed by atoms with Crippen molar-refractivity contribution in [2.45, 2.75) is 51.3 Å². The Morgan fingerprint density at radius 1 is 1.00 bits per heavy atom. The highest BCUT2D eigenvalue weighted by Crippen LogP contribution is 2.24. The largest absolute Gasteiger partial charge is 0.445 e. The minimum absolute atomic E-state index is 0.169. The van der Waals surface area contributed by atoms with E-state index in [2.05, 4.69) is 35.8 Å². The van der Waals surface area contributed by atoms with Gasteiger partial charge in [0, 0.05) is 17.5 Å². The predicted octanol–water partition coefficient (Wildman–Crippen LogP) is 5.19. The maximum atomic E-state index is 12.1. The van der Waals surface area contributed by atoms with Crippen molar-refractivity contribution in [1.29, 1.82) is 0 Å². The van der Waals surface area contributed by atoms with Gasteiger partial charge in [0.2, 0.25) is 0 Å². The van der Waals surface area contributed by atoms with Crippen LogP contribution in [0.3, 0.4) is 0 Å². The lowest BCUT2D eigenvalue weighted by Gasteiger charge is -2.29. The van der Waals surface area contributed by atoms with Crippen molar-refractivity contribution in [3.63, 3.8) is 0 Å². The van der Waals surface area contributed by atoms with Gasteiger partial charge < -0.3 is 15.4 Å². The van der Waals surface area contributed by atoms with Crippen LogP contribution >= 0.6 is 0 Å². The fourth-order valence-corrected chi connectivity index (χ4v) is 3.95. The number of alkyl carbamates (subject to hydrolysis) is 1. The molecule has 0 radical (unpaired) electrons. The highest BCUT2D eigenvalue weighted by atomic mass is 16.5. The number of rotatable bonds is 5. The van der Waals surface area contributed by atoms with Gasteiger partial charge in [-0.15, -0.1) is 0 Å². The zero-order chi connectivity index (χ0) is 20.1. The van der Waals surface area contributed by atoms with Crippen molar-refractivity contribution < 1.29 is 9.53 Å². The molecule has 5 heteroatoms. The Kier molecular flexibility index (Phi) is 5.94. The summed E-state index contributed by atoms with van der Waals surface area (Å²) < 4.78 is 5.33. The molecule has 0 atom stereocenters. The number of hydrogen-bond acceptors (Lipinski definition) is 4. The average molecular weight is 389 g/mol. The summed E-state index contributed by atoms with van der Waals surface area (Å²) in [4.78, 5) is 16.8. The molecule has 0 unspecified atom stereocenters. The lowest BCUT2D eigenvalue weighted by Crippen LogP contribution is -2.40. The molecule has 4 rings (SSSR count). The molecule has 0 saturated heterocycles. The first-order valence-electron chi connectivity index (χ1n) is 10.3.